The molecule has 91 heavy (non-hydrogen) atoms. The Bertz CT molecular complexity index is 5070. The van der Waals surface area contributed by atoms with Gasteiger partial charge in [0, 0.05) is 62.4 Å². The second kappa shape index (κ2) is 18.2. The number of ether oxygens (including phenoxy) is 2. The van der Waals surface area contributed by atoms with Crippen LogP contribution in [-0.4, -0.2) is 23.4 Å². The van der Waals surface area contributed by atoms with Crippen LogP contribution in [0.25, 0.3) is 11.0 Å². The molecule has 9 aromatic carbocycles. The summed E-state index contributed by atoms with van der Waals surface area (Å²) in [6.45, 7) is 18.2. The molecule has 19 rings (SSSR count). The van der Waals surface area contributed by atoms with Crippen LogP contribution in [0.15, 0.2) is 223 Å². The number of para-hydroxylation sites is 7. The highest BCUT2D eigenvalue weighted by atomic mass is 16.5. The number of hydrogen-bond donors (Lipinski definition) is 0. The van der Waals surface area contributed by atoms with Crippen molar-refractivity contribution in [3.8, 4) is 23.1 Å². The number of rotatable bonds is 4. The Kier molecular flexibility index (Phi) is 10.5. The summed E-state index contributed by atoms with van der Waals surface area (Å²) < 4.78 is 22.6. The van der Waals surface area contributed by atoms with Crippen molar-refractivity contribution in [2.24, 2.45) is 0 Å². The molecule has 7 aliphatic rings. The van der Waals surface area contributed by atoms with Crippen LogP contribution in [0.5, 0.6) is 23.1 Å². The predicted molar refractivity (Wildman–Crippen MR) is 372 cm³/mol. The number of pyridine rings is 2. The number of hydrogen-bond acceptors (Lipinski definition) is 9. The fourth-order valence-corrected chi connectivity index (χ4v) is 17.0. The summed E-state index contributed by atoms with van der Waals surface area (Å²) in [4.78, 5) is 21.3. The van der Waals surface area contributed by atoms with Crippen molar-refractivity contribution < 1.29 is 13.9 Å². The van der Waals surface area contributed by atoms with Crippen molar-refractivity contribution in [2.75, 3.05) is 19.6 Å². The van der Waals surface area contributed by atoms with Crippen molar-refractivity contribution in [3.05, 3.63) is 252 Å². The Morgan fingerprint density at radius 2 is 0.912 bits per heavy atom. The Balaban J connectivity index is 0.865. The van der Waals surface area contributed by atoms with Crippen molar-refractivity contribution in [1.29, 1.82) is 0 Å². The first kappa shape index (κ1) is 52.7. The van der Waals surface area contributed by atoms with Gasteiger partial charge in [-0.3, -0.25) is 14.7 Å². The zero-order chi connectivity index (χ0) is 61.2. The number of anilines is 12. The van der Waals surface area contributed by atoms with E-state index in [1.54, 1.807) is 0 Å². The Morgan fingerprint density at radius 3 is 1.56 bits per heavy atom. The monoisotopic (exact) mass is 1180 g/mol. The van der Waals surface area contributed by atoms with Gasteiger partial charge < -0.3 is 18.8 Å². The summed E-state index contributed by atoms with van der Waals surface area (Å²) >= 11 is 0. The molecule has 0 atom stereocenters. The van der Waals surface area contributed by atoms with Crippen molar-refractivity contribution in [2.45, 2.75) is 89.9 Å². The first-order valence-corrected chi connectivity index (χ1v) is 32.2. The second-order valence-corrected chi connectivity index (χ2v) is 28.3. The molecule has 0 saturated carbocycles. The van der Waals surface area contributed by atoms with Crippen LogP contribution >= 0.6 is 0 Å². The standard InChI is InChI=1S/C80H64B2N6O3/c1-77(2)40-41-78(3,4)55-42-48(38-39-50(55)77)86-73-49-26-12-23-37-65(49)90-74(73)82-58-43-57-67(45-66(58)89-68-46-70(83-75(86)72(68)82)88-61-34-20-15-29-53(61)80(7,8)54-30-16-21-35-62(54)88)91-76-71-64(85(47-24-10-9-11-25-47)63-36-22-17-31-56(63)81(57)71)44-69(84-76)87-59-32-18-13-27-51(59)79(5,6)52-28-14-19-33-60(52)87/h9-39,42-46H,40-41H2,1-8H3. The summed E-state index contributed by atoms with van der Waals surface area (Å²) in [5.41, 5.74) is 23.4. The quantitative estimate of drug-likeness (QED) is 0.160. The lowest BCUT2D eigenvalue weighted by atomic mass is 9.32. The molecule has 6 aliphatic heterocycles. The third-order valence-corrected chi connectivity index (χ3v) is 21.6. The fraction of sp³-hybridized carbons (Fsp3) is 0.175. The van der Waals surface area contributed by atoms with Gasteiger partial charge in [0.15, 0.2) is 0 Å². The van der Waals surface area contributed by atoms with Gasteiger partial charge in [-0.25, -0.2) is 4.98 Å². The van der Waals surface area contributed by atoms with E-state index < -0.39 is 6.71 Å². The topological polar surface area (TPSA) is 70.3 Å². The summed E-state index contributed by atoms with van der Waals surface area (Å²) in [5.74, 6) is 4.97. The van der Waals surface area contributed by atoms with Gasteiger partial charge in [-0.2, -0.15) is 4.98 Å². The van der Waals surface area contributed by atoms with Crippen LogP contribution in [0, 0.1) is 0 Å². The lowest BCUT2D eigenvalue weighted by molar-refractivity contribution is 0.332. The van der Waals surface area contributed by atoms with Gasteiger partial charge >= 0.3 is 6.71 Å². The van der Waals surface area contributed by atoms with Gasteiger partial charge in [0.05, 0.1) is 34.1 Å². The van der Waals surface area contributed by atoms with Crippen LogP contribution in [0.4, 0.5) is 68.6 Å². The fourth-order valence-electron chi connectivity index (χ4n) is 17.0. The molecule has 0 bridgehead atoms. The summed E-state index contributed by atoms with van der Waals surface area (Å²) in [7, 11) is 0. The Hall–Kier alpha value is -10.3. The molecule has 11 heteroatoms. The third kappa shape index (κ3) is 7.15. The Morgan fingerprint density at radius 1 is 0.374 bits per heavy atom. The van der Waals surface area contributed by atoms with E-state index >= 15 is 0 Å². The second-order valence-electron chi connectivity index (χ2n) is 28.3. The first-order valence-electron chi connectivity index (χ1n) is 32.2. The smallest absolute Gasteiger partial charge is 0.303 e. The van der Waals surface area contributed by atoms with Crippen LogP contribution in [0.3, 0.4) is 0 Å². The average Bonchev–Trinajstić information content (AvgIpc) is 1.37. The molecule has 0 radical (unpaired) electrons. The van der Waals surface area contributed by atoms with Crippen molar-refractivity contribution >= 4 is 126 Å². The first-order chi connectivity index (χ1) is 44.1. The molecule has 12 aromatic rings. The van der Waals surface area contributed by atoms with E-state index in [0.29, 0.717) is 23.1 Å². The van der Waals surface area contributed by atoms with Crippen molar-refractivity contribution in [3.63, 3.8) is 0 Å². The van der Waals surface area contributed by atoms with Gasteiger partial charge in [0.25, 0.3) is 6.71 Å². The molecule has 0 N–H and O–H groups in total. The molecule has 0 fully saturated rings. The highest BCUT2D eigenvalue weighted by Gasteiger charge is 2.52. The normalized spacial score (nSPS) is 17.1. The lowest BCUT2D eigenvalue weighted by Gasteiger charge is -2.44. The molecule has 438 valence electrons. The van der Waals surface area contributed by atoms with Crippen LogP contribution in [-0.2, 0) is 21.7 Å². The lowest BCUT2D eigenvalue weighted by Crippen LogP contribution is -2.63. The summed E-state index contributed by atoms with van der Waals surface area (Å²) in [6, 6.07) is 79.4. The minimum atomic E-state index is -0.434. The van der Waals surface area contributed by atoms with Gasteiger partial charge in [-0.1, -0.05) is 189 Å². The van der Waals surface area contributed by atoms with Gasteiger partial charge in [0.1, 0.15) is 45.9 Å². The Labute approximate surface area is 531 Å². The number of aromatic nitrogens is 2. The molecule has 0 spiro atoms. The SMILES string of the molecule is CC1(C)CCC(C)(C)c2cc(N3c4nc(N5c6ccccc6C(C)(C)c6ccccc65)cc5c4B(c4cc6c(cc4O5)Oc4nc(N5c7ccccc7C(C)(C)c7ccccc75)cc5c4B6c4ccccc4N5c4ccccc4)c4oc5ccccc5c43)ccc21. The van der Waals surface area contributed by atoms with E-state index in [1.165, 1.54) is 33.4 Å². The minimum absolute atomic E-state index is 0.0198. The molecule has 1 aliphatic carbocycles. The maximum Gasteiger partial charge on any atom is 0.303 e. The maximum atomic E-state index is 7.67. The average molecular weight is 1180 g/mol. The molecule has 9 nitrogen and oxygen atoms in total. The van der Waals surface area contributed by atoms with Gasteiger partial charge in [0.2, 0.25) is 5.88 Å². The molecule has 9 heterocycles. The highest BCUT2D eigenvalue weighted by molar-refractivity contribution is 7.01. The molecule has 0 amide bonds. The molecule has 3 aromatic heterocycles. The highest BCUT2D eigenvalue weighted by Crippen LogP contribution is 2.57. The molecular weight excluding hydrogens is 1110 g/mol. The summed E-state index contributed by atoms with van der Waals surface area (Å²) in [5, 5.41) is 1.02. The number of fused-ring (bicyclic) bond motifs is 15. The molecule has 0 unspecified atom stereocenters. The number of benzene rings is 9. The zero-order valence-electron chi connectivity index (χ0n) is 52.3. The van der Waals surface area contributed by atoms with Gasteiger partial charge in [-0.05, 0) is 140 Å². The maximum absolute atomic E-state index is 7.67. The largest absolute Gasteiger partial charge is 0.468 e. The predicted octanol–water partition coefficient (Wildman–Crippen LogP) is 16.6. The van der Waals surface area contributed by atoms with E-state index in [-0.39, 0.29) is 28.4 Å². The van der Waals surface area contributed by atoms with Crippen LogP contribution in [0.2, 0.25) is 0 Å². The van der Waals surface area contributed by atoms with Gasteiger partial charge in [-0.15, -0.1) is 0 Å². The van der Waals surface area contributed by atoms with Crippen molar-refractivity contribution in [1.82, 2.24) is 9.97 Å². The zero-order valence-corrected chi connectivity index (χ0v) is 52.3. The number of furan rings is 1. The van der Waals surface area contributed by atoms with E-state index in [0.717, 1.165) is 125 Å². The third-order valence-electron chi connectivity index (χ3n) is 21.6. The van der Waals surface area contributed by atoms with E-state index in [2.05, 4.69) is 293 Å². The van der Waals surface area contributed by atoms with E-state index in [1.807, 2.05) is 0 Å². The van der Waals surface area contributed by atoms with E-state index in [9.17, 15) is 0 Å². The molecular formula is C80H64B2N6O3. The summed E-state index contributed by atoms with van der Waals surface area (Å²) in [6.07, 6.45) is 2.21. The van der Waals surface area contributed by atoms with Crippen LogP contribution < -0.4 is 62.0 Å². The molecule has 0 saturated heterocycles. The van der Waals surface area contributed by atoms with E-state index in [4.69, 9.17) is 23.9 Å². The number of nitrogens with zero attached hydrogens (tertiary/aromatic N) is 6. The van der Waals surface area contributed by atoms with Crippen LogP contribution in [0.1, 0.15) is 102 Å². The minimum Gasteiger partial charge on any atom is -0.468 e.